The maximum atomic E-state index is 9.82. The van der Waals surface area contributed by atoms with Gasteiger partial charge in [-0.25, -0.2) is 0 Å². The molecule has 0 heterocycles. The van der Waals surface area contributed by atoms with Gasteiger partial charge in [0.05, 0.1) is 5.60 Å². The molecule has 66 valence electrons. The van der Waals surface area contributed by atoms with Crippen LogP contribution in [-0.4, -0.2) is 23.3 Å². The highest BCUT2D eigenvalue weighted by Gasteiger charge is 2.35. The summed E-state index contributed by atoms with van der Waals surface area (Å²) in [4.78, 5) is 0. The van der Waals surface area contributed by atoms with E-state index >= 15 is 0 Å². The minimum atomic E-state index is -0.449. The van der Waals surface area contributed by atoms with E-state index in [0.29, 0.717) is 6.04 Å². The lowest BCUT2D eigenvalue weighted by Gasteiger charge is -2.26. The summed E-state index contributed by atoms with van der Waals surface area (Å²) < 4.78 is 0. The largest absolute Gasteiger partial charge is 0.389 e. The molecular weight excluding hydrogens is 138 g/mol. The van der Waals surface area contributed by atoms with Crippen LogP contribution in [0.5, 0.6) is 0 Å². The van der Waals surface area contributed by atoms with Gasteiger partial charge >= 0.3 is 0 Å². The van der Waals surface area contributed by atoms with Crippen LogP contribution in [0, 0.1) is 0 Å². The lowest BCUT2D eigenvalue weighted by molar-refractivity contribution is 0.0395. The van der Waals surface area contributed by atoms with Crippen LogP contribution in [-0.2, 0) is 0 Å². The third kappa shape index (κ3) is 2.17. The Morgan fingerprint density at radius 2 is 2.36 bits per heavy atom. The molecule has 0 spiro atoms. The quantitative estimate of drug-likeness (QED) is 0.647. The third-order valence-electron chi connectivity index (χ3n) is 2.57. The van der Waals surface area contributed by atoms with Gasteiger partial charge in [-0.2, -0.15) is 0 Å². The molecule has 2 N–H and O–H groups in total. The van der Waals surface area contributed by atoms with E-state index in [9.17, 15) is 5.11 Å². The first-order valence-electron chi connectivity index (χ1n) is 4.62. The van der Waals surface area contributed by atoms with Crippen LogP contribution in [0.15, 0.2) is 0 Å². The molecule has 0 bridgehead atoms. The molecule has 0 aromatic rings. The zero-order valence-electron chi connectivity index (χ0n) is 7.56. The van der Waals surface area contributed by atoms with Crippen LogP contribution in [0.4, 0.5) is 0 Å². The fraction of sp³-hybridized carbons (Fsp3) is 1.00. The van der Waals surface area contributed by atoms with Gasteiger partial charge in [-0.3, -0.25) is 0 Å². The minimum Gasteiger partial charge on any atom is -0.389 e. The molecule has 1 fully saturated rings. The molecule has 2 nitrogen and oxygen atoms in total. The van der Waals surface area contributed by atoms with Gasteiger partial charge in [0.25, 0.3) is 0 Å². The predicted molar refractivity (Wildman–Crippen MR) is 46.6 cm³/mol. The average molecular weight is 157 g/mol. The Hall–Kier alpha value is -0.0800. The van der Waals surface area contributed by atoms with Crippen molar-refractivity contribution in [2.45, 2.75) is 51.2 Å². The second kappa shape index (κ2) is 3.55. The number of aliphatic hydroxyl groups is 1. The van der Waals surface area contributed by atoms with Gasteiger partial charge in [0.1, 0.15) is 0 Å². The van der Waals surface area contributed by atoms with Gasteiger partial charge < -0.3 is 10.4 Å². The monoisotopic (exact) mass is 157 g/mol. The van der Waals surface area contributed by atoms with Crippen molar-refractivity contribution in [3.63, 3.8) is 0 Å². The number of hydrogen-bond acceptors (Lipinski definition) is 2. The molecule has 2 heteroatoms. The lowest BCUT2D eigenvalue weighted by Crippen LogP contribution is -2.44. The molecule has 1 rings (SSSR count). The smallest absolute Gasteiger partial charge is 0.0772 e. The minimum absolute atomic E-state index is 0.336. The van der Waals surface area contributed by atoms with Gasteiger partial charge in [0.2, 0.25) is 0 Å². The molecule has 0 radical (unpaired) electrons. The summed E-state index contributed by atoms with van der Waals surface area (Å²) in [5.74, 6) is 0. The van der Waals surface area contributed by atoms with Crippen molar-refractivity contribution in [2.75, 3.05) is 6.54 Å². The van der Waals surface area contributed by atoms with Crippen molar-refractivity contribution in [3.05, 3.63) is 0 Å². The summed E-state index contributed by atoms with van der Waals surface area (Å²) in [5.41, 5.74) is -0.449. The van der Waals surface area contributed by atoms with Gasteiger partial charge in [-0.1, -0.05) is 6.92 Å². The zero-order valence-corrected chi connectivity index (χ0v) is 7.56. The first kappa shape index (κ1) is 9.01. The molecule has 0 saturated heterocycles. The average Bonchev–Trinajstić information content (AvgIpc) is 2.25. The molecular formula is C9H19NO. The second-order valence-corrected chi connectivity index (χ2v) is 3.76. The maximum absolute atomic E-state index is 9.82. The SMILES string of the molecule is CCCNC1CCCC1(C)O. The van der Waals surface area contributed by atoms with Crippen molar-refractivity contribution in [3.8, 4) is 0 Å². The highest BCUT2D eigenvalue weighted by molar-refractivity contribution is 4.93. The Balaban J connectivity index is 2.32. The van der Waals surface area contributed by atoms with Gasteiger partial charge in [0, 0.05) is 6.04 Å². The second-order valence-electron chi connectivity index (χ2n) is 3.76. The zero-order chi connectivity index (χ0) is 8.32. The standard InChI is InChI=1S/C9H19NO/c1-3-7-10-8-5-4-6-9(8,2)11/h8,10-11H,3-7H2,1-2H3. The molecule has 0 aliphatic heterocycles. The summed E-state index contributed by atoms with van der Waals surface area (Å²) >= 11 is 0. The summed E-state index contributed by atoms with van der Waals surface area (Å²) in [6, 6.07) is 0.336. The highest BCUT2D eigenvalue weighted by atomic mass is 16.3. The van der Waals surface area contributed by atoms with E-state index in [1.54, 1.807) is 0 Å². The van der Waals surface area contributed by atoms with Crippen molar-refractivity contribution in [2.24, 2.45) is 0 Å². The third-order valence-corrected chi connectivity index (χ3v) is 2.57. The molecule has 2 unspecified atom stereocenters. The van der Waals surface area contributed by atoms with Crippen LogP contribution < -0.4 is 5.32 Å². The molecule has 0 aromatic heterocycles. The molecule has 11 heavy (non-hydrogen) atoms. The van der Waals surface area contributed by atoms with E-state index in [1.165, 1.54) is 0 Å². The fourth-order valence-electron chi connectivity index (χ4n) is 1.79. The van der Waals surface area contributed by atoms with Crippen molar-refractivity contribution in [1.82, 2.24) is 5.32 Å². The molecule has 0 aromatic carbocycles. The van der Waals surface area contributed by atoms with E-state index in [-0.39, 0.29) is 0 Å². The van der Waals surface area contributed by atoms with Gasteiger partial charge in [-0.15, -0.1) is 0 Å². The normalized spacial score (nSPS) is 37.9. The van der Waals surface area contributed by atoms with Crippen molar-refractivity contribution < 1.29 is 5.11 Å². The number of hydrogen-bond donors (Lipinski definition) is 2. The molecule has 1 saturated carbocycles. The first-order valence-corrected chi connectivity index (χ1v) is 4.62. The van der Waals surface area contributed by atoms with Crippen LogP contribution in [0.2, 0.25) is 0 Å². The first-order chi connectivity index (χ1) is 5.17. The summed E-state index contributed by atoms with van der Waals surface area (Å²) in [7, 11) is 0. The highest BCUT2D eigenvalue weighted by Crippen LogP contribution is 2.29. The lowest BCUT2D eigenvalue weighted by atomic mass is 10.0. The fourth-order valence-corrected chi connectivity index (χ4v) is 1.79. The number of nitrogens with one attached hydrogen (secondary N) is 1. The van der Waals surface area contributed by atoms with E-state index < -0.39 is 5.60 Å². The Bertz CT molecular complexity index is 123. The van der Waals surface area contributed by atoms with Crippen molar-refractivity contribution >= 4 is 0 Å². The van der Waals surface area contributed by atoms with E-state index in [1.807, 2.05) is 6.92 Å². The maximum Gasteiger partial charge on any atom is 0.0772 e. The van der Waals surface area contributed by atoms with Crippen LogP contribution >= 0.6 is 0 Å². The topological polar surface area (TPSA) is 32.3 Å². The Morgan fingerprint density at radius 3 is 2.82 bits per heavy atom. The van der Waals surface area contributed by atoms with Crippen LogP contribution in [0.1, 0.15) is 39.5 Å². The Kier molecular flexibility index (Phi) is 2.90. The summed E-state index contributed by atoms with van der Waals surface area (Å²) in [6.45, 7) is 5.12. The molecule has 2 atom stereocenters. The van der Waals surface area contributed by atoms with E-state index in [4.69, 9.17) is 0 Å². The van der Waals surface area contributed by atoms with E-state index in [0.717, 1.165) is 32.2 Å². The van der Waals surface area contributed by atoms with Crippen LogP contribution in [0.3, 0.4) is 0 Å². The predicted octanol–water partition coefficient (Wildman–Crippen LogP) is 1.29. The van der Waals surface area contributed by atoms with Crippen LogP contribution in [0.25, 0.3) is 0 Å². The van der Waals surface area contributed by atoms with Gasteiger partial charge in [0.15, 0.2) is 0 Å². The Morgan fingerprint density at radius 1 is 1.64 bits per heavy atom. The molecule has 1 aliphatic rings. The van der Waals surface area contributed by atoms with Crippen molar-refractivity contribution in [1.29, 1.82) is 0 Å². The number of rotatable bonds is 3. The summed E-state index contributed by atoms with van der Waals surface area (Å²) in [5, 5.41) is 13.2. The Labute approximate surface area is 69.0 Å². The van der Waals surface area contributed by atoms with E-state index in [2.05, 4.69) is 12.2 Å². The molecule has 1 aliphatic carbocycles. The van der Waals surface area contributed by atoms with Gasteiger partial charge in [-0.05, 0) is 39.2 Å². The summed E-state index contributed by atoms with van der Waals surface area (Å²) in [6.07, 6.45) is 4.39. The molecule has 0 amide bonds.